The summed E-state index contributed by atoms with van der Waals surface area (Å²) in [5.74, 6) is 3.67. The van der Waals surface area contributed by atoms with Gasteiger partial charge in [0.2, 0.25) is 0 Å². The standard InChI is InChI=1S/C59H36N4O/c1-4-16-38(17-5-1)55-47-35-46-43-22-10-11-23-48(43)59(49-24-12-14-26-53(49)64-54-27-15-13-25-50(54)59)51(46)36-45(47)44-33-32-42(34-52(44)60-55)37-28-30-41(31-29-37)58-62-56(39-18-6-2-7-19-39)61-57(63-58)40-20-8-3-9-21-40/h1-36H. The molecule has 0 atom stereocenters. The van der Waals surface area contributed by atoms with Crippen LogP contribution in [0.2, 0.25) is 0 Å². The van der Waals surface area contributed by atoms with Gasteiger partial charge < -0.3 is 4.74 Å². The van der Waals surface area contributed by atoms with E-state index in [0.717, 1.165) is 83.4 Å². The van der Waals surface area contributed by atoms with E-state index in [-0.39, 0.29) is 0 Å². The summed E-state index contributed by atoms with van der Waals surface area (Å²) in [6, 6.07) is 76.8. The highest BCUT2D eigenvalue weighted by Crippen LogP contribution is 2.62. The maximum Gasteiger partial charge on any atom is 0.164 e. The van der Waals surface area contributed by atoms with E-state index >= 15 is 0 Å². The fraction of sp³-hybridized carbons (Fsp3) is 0.0169. The van der Waals surface area contributed by atoms with Gasteiger partial charge in [-0.3, -0.25) is 0 Å². The van der Waals surface area contributed by atoms with Crippen molar-refractivity contribution in [1.29, 1.82) is 0 Å². The Balaban J connectivity index is 0.987. The molecule has 0 N–H and O–H groups in total. The average Bonchev–Trinajstić information content (AvgIpc) is 3.65. The smallest absolute Gasteiger partial charge is 0.164 e. The van der Waals surface area contributed by atoms with E-state index in [0.29, 0.717) is 17.5 Å². The minimum absolute atomic E-state index is 0.571. The summed E-state index contributed by atoms with van der Waals surface area (Å²) >= 11 is 0. The van der Waals surface area contributed by atoms with Crippen LogP contribution in [0.25, 0.3) is 89.4 Å². The molecule has 64 heavy (non-hydrogen) atoms. The molecule has 5 nitrogen and oxygen atoms in total. The second-order valence-electron chi connectivity index (χ2n) is 16.5. The summed E-state index contributed by atoms with van der Waals surface area (Å²) in [6.45, 7) is 0. The van der Waals surface area contributed by atoms with Gasteiger partial charge in [0, 0.05) is 44.2 Å². The van der Waals surface area contributed by atoms with E-state index in [1.54, 1.807) is 0 Å². The lowest BCUT2D eigenvalue weighted by atomic mass is 9.66. The van der Waals surface area contributed by atoms with Crippen molar-refractivity contribution in [1.82, 2.24) is 19.9 Å². The molecule has 0 amide bonds. The number of hydrogen-bond acceptors (Lipinski definition) is 5. The van der Waals surface area contributed by atoms with Crippen LogP contribution in [-0.2, 0) is 5.41 Å². The second kappa shape index (κ2) is 14.3. The van der Waals surface area contributed by atoms with Crippen molar-refractivity contribution in [2.24, 2.45) is 0 Å². The first-order valence-corrected chi connectivity index (χ1v) is 21.6. The number of aromatic nitrogens is 4. The summed E-state index contributed by atoms with van der Waals surface area (Å²) in [5, 5.41) is 3.39. The van der Waals surface area contributed by atoms with E-state index < -0.39 is 5.41 Å². The predicted octanol–water partition coefficient (Wildman–Crippen LogP) is 14.4. The Kier molecular flexibility index (Phi) is 8.06. The first-order chi connectivity index (χ1) is 31.7. The molecule has 1 aliphatic heterocycles. The molecule has 0 fully saturated rings. The molecule has 1 spiro atoms. The maximum atomic E-state index is 6.64. The Morgan fingerprint density at radius 1 is 0.297 bits per heavy atom. The molecule has 13 rings (SSSR count). The minimum atomic E-state index is -0.571. The van der Waals surface area contributed by atoms with Gasteiger partial charge in [-0.1, -0.05) is 188 Å². The first kappa shape index (κ1) is 36.1. The Bertz CT molecular complexity index is 3520. The number of rotatable bonds is 5. The minimum Gasteiger partial charge on any atom is -0.457 e. The zero-order valence-electron chi connectivity index (χ0n) is 34.5. The Labute approximate surface area is 370 Å². The molecule has 1 aliphatic carbocycles. The van der Waals surface area contributed by atoms with Crippen LogP contribution in [0.3, 0.4) is 0 Å². The Hall–Kier alpha value is -8.54. The number of ether oxygens (including phenoxy) is 1. The van der Waals surface area contributed by atoms with Gasteiger partial charge in [0.05, 0.1) is 16.6 Å². The molecule has 0 unspecified atom stereocenters. The topological polar surface area (TPSA) is 60.8 Å². The molecule has 2 aliphatic rings. The highest BCUT2D eigenvalue weighted by Gasteiger charge is 2.51. The van der Waals surface area contributed by atoms with Gasteiger partial charge in [-0.2, -0.15) is 0 Å². The van der Waals surface area contributed by atoms with Crippen LogP contribution < -0.4 is 4.74 Å². The fourth-order valence-corrected chi connectivity index (χ4v) is 10.1. The quantitative estimate of drug-likeness (QED) is 0.162. The van der Waals surface area contributed by atoms with Gasteiger partial charge in [-0.25, -0.2) is 19.9 Å². The van der Waals surface area contributed by atoms with E-state index in [9.17, 15) is 0 Å². The highest BCUT2D eigenvalue weighted by atomic mass is 16.5. The predicted molar refractivity (Wildman–Crippen MR) is 257 cm³/mol. The van der Waals surface area contributed by atoms with Crippen molar-refractivity contribution in [2.75, 3.05) is 0 Å². The SMILES string of the molecule is c1ccc(-c2nc(-c3ccccc3)nc(-c3ccc(-c4ccc5c(c4)nc(-c4ccccc4)c4cc6c(cc45)C4(c5ccccc5Oc5ccccc54)c4ccccc4-6)cc3)n2)cc1. The molecule has 0 saturated heterocycles. The number of nitrogens with zero attached hydrogens (tertiary/aromatic N) is 4. The molecule has 0 radical (unpaired) electrons. The zero-order chi connectivity index (χ0) is 42.2. The number of hydrogen-bond donors (Lipinski definition) is 0. The van der Waals surface area contributed by atoms with Crippen LogP contribution in [0.15, 0.2) is 218 Å². The second-order valence-corrected chi connectivity index (χ2v) is 16.5. The van der Waals surface area contributed by atoms with Crippen LogP contribution in [0.5, 0.6) is 11.5 Å². The van der Waals surface area contributed by atoms with Crippen LogP contribution in [0, 0.1) is 0 Å². The van der Waals surface area contributed by atoms with Gasteiger partial charge in [-0.15, -0.1) is 0 Å². The summed E-state index contributed by atoms with van der Waals surface area (Å²) in [4.78, 5) is 20.3. The zero-order valence-corrected chi connectivity index (χ0v) is 34.5. The van der Waals surface area contributed by atoms with Gasteiger partial charge in [-0.05, 0) is 69.1 Å². The van der Waals surface area contributed by atoms with E-state index in [1.165, 1.54) is 22.3 Å². The van der Waals surface area contributed by atoms with Gasteiger partial charge >= 0.3 is 0 Å². The Morgan fingerprint density at radius 3 is 1.39 bits per heavy atom. The lowest BCUT2D eigenvalue weighted by Crippen LogP contribution is -2.32. The van der Waals surface area contributed by atoms with Crippen LogP contribution in [0.4, 0.5) is 0 Å². The highest BCUT2D eigenvalue weighted by molar-refractivity contribution is 6.14. The molecular formula is C59H36N4O. The van der Waals surface area contributed by atoms with E-state index in [4.69, 9.17) is 24.7 Å². The molecule has 5 heteroatoms. The van der Waals surface area contributed by atoms with Crippen molar-refractivity contribution in [3.05, 3.63) is 241 Å². The maximum absolute atomic E-state index is 6.64. The van der Waals surface area contributed by atoms with E-state index in [2.05, 4.69) is 158 Å². The number of pyridine rings is 1. The lowest BCUT2D eigenvalue weighted by molar-refractivity contribution is 0.436. The van der Waals surface area contributed by atoms with Crippen molar-refractivity contribution in [3.8, 4) is 79.2 Å². The van der Waals surface area contributed by atoms with Gasteiger partial charge in [0.1, 0.15) is 11.5 Å². The normalized spacial score (nSPS) is 12.9. The number of fused-ring (bicyclic) bond motifs is 12. The third-order valence-electron chi connectivity index (χ3n) is 13.0. The van der Waals surface area contributed by atoms with Crippen molar-refractivity contribution < 1.29 is 4.74 Å². The summed E-state index contributed by atoms with van der Waals surface area (Å²) in [6.07, 6.45) is 0. The molecular weight excluding hydrogens is 781 g/mol. The lowest BCUT2D eigenvalue weighted by Gasteiger charge is -2.39. The largest absolute Gasteiger partial charge is 0.457 e. The third kappa shape index (κ3) is 5.51. The number of para-hydroxylation sites is 2. The molecule has 0 saturated carbocycles. The first-order valence-electron chi connectivity index (χ1n) is 21.6. The van der Waals surface area contributed by atoms with Crippen molar-refractivity contribution >= 4 is 21.7 Å². The molecule has 11 aromatic rings. The summed E-state index contributed by atoms with van der Waals surface area (Å²) in [5.41, 5.74) is 14.6. The van der Waals surface area contributed by atoms with Gasteiger partial charge in [0.25, 0.3) is 0 Å². The molecule has 2 aromatic heterocycles. The van der Waals surface area contributed by atoms with Gasteiger partial charge in [0.15, 0.2) is 17.5 Å². The summed E-state index contributed by atoms with van der Waals surface area (Å²) in [7, 11) is 0. The van der Waals surface area contributed by atoms with Crippen molar-refractivity contribution in [3.63, 3.8) is 0 Å². The monoisotopic (exact) mass is 816 g/mol. The third-order valence-corrected chi connectivity index (χ3v) is 13.0. The average molecular weight is 817 g/mol. The number of benzene rings is 9. The molecule has 298 valence electrons. The van der Waals surface area contributed by atoms with Crippen LogP contribution in [-0.4, -0.2) is 19.9 Å². The molecule has 0 bridgehead atoms. The molecule has 3 heterocycles. The van der Waals surface area contributed by atoms with Crippen molar-refractivity contribution in [2.45, 2.75) is 5.41 Å². The molecule has 9 aromatic carbocycles. The van der Waals surface area contributed by atoms with Crippen LogP contribution in [0.1, 0.15) is 22.3 Å². The fourth-order valence-electron chi connectivity index (χ4n) is 10.1. The Morgan fingerprint density at radius 2 is 0.781 bits per heavy atom. The van der Waals surface area contributed by atoms with Crippen LogP contribution >= 0.6 is 0 Å². The van der Waals surface area contributed by atoms with E-state index in [1.807, 2.05) is 60.7 Å². The summed E-state index contributed by atoms with van der Waals surface area (Å²) < 4.78 is 6.64.